The number of ether oxygens (including phenoxy) is 1. The van der Waals surface area contributed by atoms with Gasteiger partial charge >= 0.3 is 0 Å². The van der Waals surface area contributed by atoms with Gasteiger partial charge in [0.25, 0.3) is 0 Å². The predicted octanol–water partition coefficient (Wildman–Crippen LogP) is 4.30. The van der Waals surface area contributed by atoms with Gasteiger partial charge in [-0.05, 0) is 29.7 Å². The molecule has 0 bridgehead atoms. The van der Waals surface area contributed by atoms with Crippen LogP contribution in [0, 0.1) is 0 Å². The van der Waals surface area contributed by atoms with E-state index in [0.29, 0.717) is 0 Å². The second-order valence-corrected chi connectivity index (χ2v) is 6.30. The molecule has 0 saturated carbocycles. The van der Waals surface area contributed by atoms with Gasteiger partial charge in [-0.25, -0.2) is 0 Å². The molecule has 1 unspecified atom stereocenters. The smallest absolute Gasteiger partial charge is 0.123 e. The quantitative estimate of drug-likeness (QED) is 0.903. The minimum Gasteiger partial charge on any atom is -0.496 e. The van der Waals surface area contributed by atoms with Crippen molar-refractivity contribution in [2.45, 2.75) is 32.2 Å². The summed E-state index contributed by atoms with van der Waals surface area (Å²) in [6.07, 6.45) is 0. The van der Waals surface area contributed by atoms with Crippen LogP contribution in [0.25, 0.3) is 0 Å². The maximum Gasteiger partial charge on any atom is 0.123 e. The summed E-state index contributed by atoms with van der Waals surface area (Å²) in [5.74, 6) is 0.917. The summed E-state index contributed by atoms with van der Waals surface area (Å²) in [5, 5.41) is 3.44. The highest BCUT2D eigenvalue weighted by molar-refractivity contribution is 5.45. The number of para-hydroxylation sites is 1. The van der Waals surface area contributed by atoms with E-state index in [1.165, 1.54) is 16.7 Å². The lowest BCUT2D eigenvalue weighted by molar-refractivity contribution is 0.405. The highest BCUT2D eigenvalue weighted by Crippen LogP contribution is 2.35. The van der Waals surface area contributed by atoms with Crippen molar-refractivity contribution in [1.82, 2.24) is 5.32 Å². The van der Waals surface area contributed by atoms with E-state index in [4.69, 9.17) is 4.74 Å². The highest BCUT2D eigenvalue weighted by atomic mass is 16.5. The lowest BCUT2D eigenvalue weighted by Gasteiger charge is -2.28. The van der Waals surface area contributed by atoms with Crippen LogP contribution in [-0.2, 0) is 5.41 Å². The second-order valence-electron chi connectivity index (χ2n) is 6.30. The van der Waals surface area contributed by atoms with Crippen molar-refractivity contribution < 1.29 is 4.74 Å². The summed E-state index contributed by atoms with van der Waals surface area (Å²) in [4.78, 5) is 0. The van der Waals surface area contributed by atoms with Crippen molar-refractivity contribution >= 4 is 0 Å². The monoisotopic (exact) mass is 283 g/mol. The van der Waals surface area contributed by atoms with Crippen molar-refractivity contribution in [3.63, 3.8) is 0 Å². The molecule has 2 aromatic carbocycles. The molecule has 0 aromatic heterocycles. The summed E-state index contributed by atoms with van der Waals surface area (Å²) in [6, 6.07) is 17.0. The van der Waals surface area contributed by atoms with Gasteiger partial charge in [-0.15, -0.1) is 0 Å². The molecular formula is C19H25NO. The van der Waals surface area contributed by atoms with Crippen molar-refractivity contribution in [2.24, 2.45) is 0 Å². The fourth-order valence-corrected chi connectivity index (χ4v) is 2.82. The zero-order chi connectivity index (χ0) is 15.5. The van der Waals surface area contributed by atoms with Crippen molar-refractivity contribution in [3.05, 3.63) is 65.2 Å². The fraction of sp³-hybridized carbons (Fsp3) is 0.368. The van der Waals surface area contributed by atoms with Crippen LogP contribution in [0.5, 0.6) is 5.75 Å². The maximum absolute atomic E-state index is 5.54. The van der Waals surface area contributed by atoms with Crippen molar-refractivity contribution in [1.29, 1.82) is 0 Å². The van der Waals surface area contributed by atoms with Gasteiger partial charge in [-0.1, -0.05) is 63.2 Å². The van der Waals surface area contributed by atoms with Crippen LogP contribution < -0.4 is 10.1 Å². The van der Waals surface area contributed by atoms with Crippen LogP contribution in [0.4, 0.5) is 0 Å². The van der Waals surface area contributed by atoms with E-state index in [2.05, 4.69) is 62.5 Å². The van der Waals surface area contributed by atoms with E-state index in [9.17, 15) is 0 Å². The normalized spacial score (nSPS) is 13.0. The zero-order valence-corrected chi connectivity index (χ0v) is 13.6. The van der Waals surface area contributed by atoms with Crippen molar-refractivity contribution in [3.8, 4) is 5.75 Å². The Morgan fingerprint density at radius 1 is 0.905 bits per heavy atom. The van der Waals surface area contributed by atoms with E-state index in [1.807, 2.05) is 19.2 Å². The predicted molar refractivity (Wildman–Crippen MR) is 89.0 cm³/mol. The van der Waals surface area contributed by atoms with Gasteiger partial charge in [0.2, 0.25) is 0 Å². The van der Waals surface area contributed by atoms with Crippen LogP contribution in [0.1, 0.15) is 43.5 Å². The standard InChI is InChI=1S/C19H25NO/c1-19(2,3)16-12-8-6-10-14(16)18(20-4)15-11-7-9-13-17(15)21-5/h6-13,18,20H,1-5H3. The maximum atomic E-state index is 5.54. The number of hydrogen-bond acceptors (Lipinski definition) is 2. The Hall–Kier alpha value is -1.80. The minimum absolute atomic E-state index is 0.105. The number of methoxy groups -OCH3 is 1. The van der Waals surface area contributed by atoms with Gasteiger partial charge in [0.1, 0.15) is 5.75 Å². The van der Waals surface area contributed by atoms with E-state index in [-0.39, 0.29) is 11.5 Å². The Labute approximate surface area is 128 Å². The number of nitrogens with one attached hydrogen (secondary N) is 1. The molecule has 112 valence electrons. The first-order chi connectivity index (χ1) is 9.99. The largest absolute Gasteiger partial charge is 0.496 e. The molecule has 2 nitrogen and oxygen atoms in total. The molecule has 0 fully saturated rings. The van der Waals surface area contributed by atoms with Gasteiger partial charge in [0, 0.05) is 5.56 Å². The van der Waals surface area contributed by atoms with Gasteiger partial charge in [0.05, 0.1) is 13.2 Å². The van der Waals surface area contributed by atoms with Crippen LogP contribution in [0.3, 0.4) is 0 Å². The third-order valence-corrected chi connectivity index (χ3v) is 3.82. The van der Waals surface area contributed by atoms with Gasteiger partial charge in [-0.3, -0.25) is 0 Å². The van der Waals surface area contributed by atoms with E-state index < -0.39 is 0 Å². The molecule has 0 spiro atoms. The first-order valence-electron chi connectivity index (χ1n) is 7.38. The Balaban J connectivity index is 2.58. The highest BCUT2D eigenvalue weighted by Gasteiger charge is 2.24. The molecule has 2 heteroatoms. The number of benzene rings is 2. The Kier molecular flexibility index (Phi) is 4.69. The zero-order valence-electron chi connectivity index (χ0n) is 13.6. The third kappa shape index (κ3) is 3.27. The minimum atomic E-state index is 0.105. The summed E-state index contributed by atoms with van der Waals surface area (Å²) >= 11 is 0. The average Bonchev–Trinajstić information content (AvgIpc) is 2.48. The molecule has 0 aliphatic rings. The molecule has 1 N–H and O–H groups in total. The van der Waals surface area contributed by atoms with Crippen LogP contribution >= 0.6 is 0 Å². The molecule has 1 atom stereocenters. The molecule has 0 aliphatic carbocycles. The fourth-order valence-electron chi connectivity index (χ4n) is 2.82. The van der Waals surface area contributed by atoms with Gasteiger partial charge in [-0.2, -0.15) is 0 Å². The summed E-state index contributed by atoms with van der Waals surface area (Å²) in [5.41, 5.74) is 3.93. The van der Waals surface area contributed by atoms with E-state index in [1.54, 1.807) is 7.11 Å². The average molecular weight is 283 g/mol. The molecule has 0 amide bonds. The topological polar surface area (TPSA) is 21.3 Å². The molecule has 0 radical (unpaired) electrons. The molecular weight excluding hydrogens is 258 g/mol. The van der Waals surface area contributed by atoms with Crippen LogP contribution in [-0.4, -0.2) is 14.2 Å². The molecule has 0 saturated heterocycles. The number of hydrogen-bond donors (Lipinski definition) is 1. The Morgan fingerprint density at radius 2 is 1.48 bits per heavy atom. The lowest BCUT2D eigenvalue weighted by atomic mass is 9.80. The summed E-state index contributed by atoms with van der Waals surface area (Å²) < 4.78 is 5.54. The second kappa shape index (κ2) is 6.31. The molecule has 0 aliphatic heterocycles. The van der Waals surface area contributed by atoms with Crippen molar-refractivity contribution in [2.75, 3.05) is 14.2 Å². The van der Waals surface area contributed by atoms with E-state index in [0.717, 1.165) is 5.75 Å². The SMILES string of the molecule is CNC(c1ccccc1OC)c1ccccc1C(C)(C)C. The third-order valence-electron chi connectivity index (χ3n) is 3.82. The Morgan fingerprint density at radius 3 is 2.05 bits per heavy atom. The molecule has 0 heterocycles. The molecule has 2 aromatic rings. The van der Waals surface area contributed by atoms with E-state index >= 15 is 0 Å². The summed E-state index contributed by atoms with van der Waals surface area (Å²) in [6.45, 7) is 6.75. The van der Waals surface area contributed by atoms with Crippen LogP contribution in [0.2, 0.25) is 0 Å². The molecule has 21 heavy (non-hydrogen) atoms. The van der Waals surface area contributed by atoms with Gasteiger partial charge in [0.15, 0.2) is 0 Å². The number of rotatable bonds is 4. The summed E-state index contributed by atoms with van der Waals surface area (Å²) in [7, 11) is 3.72. The first-order valence-corrected chi connectivity index (χ1v) is 7.38. The Bertz CT molecular complexity index is 599. The van der Waals surface area contributed by atoms with Gasteiger partial charge < -0.3 is 10.1 Å². The van der Waals surface area contributed by atoms with Crippen LogP contribution in [0.15, 0.2) is 48.5 Å². The lowest BCUT2D eigenvalue weighted by Crippen LogP contribution is -2.23. The first kappa shape index (κ1) is 15.6. The molecule has 2 rings (SSSR count).